The second-order valence-corrected chi connectivity index (χ2v) is 5.50. The zero-order valence-electron chi connectivity index (χ0n) is 12.3. The van der Waals surface area contributed by atoms with Crippen LogP contribution in [-0.2, 0) is 4.74 Å². The largest absolute Gasteiger partial charge is 0.383 e. The van der Waals surface area contributed by atoms with Crippen LogP contribution in [0.5, 0.6) is 0 Å². The van der Waals surface area contributed by atoms with Crippen LogP contribution in [0, 0.1) is 5.92 Å². The Bertz CT molecular complexity index is 356. The van der Waals surface area contributed by atoms with E-state index in [9.17, 15) is 0 Å². The van der Waals surface area contributed by atoms with Crippen molar-refractivity contribution in [3.63, 3.8) is 0 Å². The number of methoxy groups -OCH3 is 1. The SMILES string of the molecule is CCCC(C)C(CNCCOC)c1ccccc1Cl. The molecule has 0 aliphatic carbocycles. The molecule has 2 nitrogen and oxygen atoms in total. The minimum absolute atomic E-state index is 0.463. The second-order valence-electron chi connectivity index (χ2n) is 5.09. The monoisotopic (exact) mass is 283 g/mol. The molecule has 1 rings (SSSR count). The molecule has 1 aromatic rings. The summed E-state index contributed by atoms with van der Waals surface area (Å²) in [7, 11) is 1.73. The van der Waals surface area contributed by atoms with Gasteiger partial charge in [-0.05, 0) is 17.5 Å². The van der Waals surface area contributed by atoms with Gasteiger partial charge in [-0.1, -0.05) is 56.5 Å². The third-order valence-corrected chi connectivity index (χ3v) is 3.93. The summed E-state index contributed by atoms with van der Waals surface area (Å²) in [5, 5.41) is 4.35. The van der Waals surface area contributed by atoms with Gasteiger partial charge in [0.15, 0.2) is 0 Å². The summed E-state index contributed by atoms with van der Waals surface area (Å²) in [5.74, 6) is 1.09. The van der Waals surface area contributed by atoms with Crippen LogP contribution in [0.15, 0.2) is 24.3 Å². The van der Waals surface area contributed by atoms with Crippen molar-refractivity contribution in [2.75, 3.05) is 26.8 Å². The minimum atomic E-state index is 0.463. The average molecular weight is 284 g/mol. The average Bonchev–Trinajstić information content (AvgIpc) is 2.40. The van der Waals surface area contributed by atoms with E-state index in [1.165, 1.54) is 18.4 Å². The quantitative estimate of drug-likeness (QED) is 0.689. The molecule has 1 N–H and O–H groups in total. The molecule has 2 atom stereocenters. The van der Waals surface area contributed by atoms with Crippen molar-refractivity contribution in [2.45, 2.75) is 32.6 Å². The van der Waals surface area contributed by atoms with Gasteiger partial charge < -0.3 is 10.1 Å². The van der Waals surface area contributed by atoms with Crippen molar-refractivity contribution < 1.29 is 4.74 Å². The Morgan fingerprint density at radius 1 is 1.32 bits per heavy atom. The molecule has 0 aromatic heterocycles. The van der Waals surface area contributed by atoms with Gasteiger partial charge in [-0.3, -0.25) is 0 Å². The molecule has 3 heteroatoms. The van der Waals surface area contributed by atoms with Gasteiger partial charge in [0.05, 0.1) is 6.61 Å². The number of rotatable bonds is 9. The van der Waals surface area contributed by atoms with Gasteiger partial charge in [0.25, 0.3) is 0 Å². The van der Waals surface area contributed by atoms with Gasteiger partial charge in [-0.25, -0.2) is 0 Å². The molecule has 2 unspecified atom stereocenters. The summed E-state index contributed by atoms with van der Waals surface area (Å²) < 4.78 is 5.07. The van der Waals surface area contributed by atoms with E-state index in [2.05, 4.69) is 31.3 Å². The lowest BCUT2D eigenvalue weighted by molar-refractivity contribution is 0.198. The van der Waals surface area contributed by atoms with Gasteiger partial charge in [0, 0.05) is 31.1 Å². The van der Waals surface area contributed by atoms with Crippen LogP contribution in [-0.4, -0.2) is 26.8 Å². The number of hydrogen-bond acceptors (Lipinski definition) is 2. The Morgan fingerprint density at radius 3 is 2.68 bits per heavy atom. The first-order valence-electron chi connectivity index (χ1n) is 7.14. The Balaban J connectivity index is 2.71. The predicted molar refractivity (Wildman–Crippen MR) is 83.0 cm³/mol. The molecule has 0 amide bonds. The number of halogens is 1. The van der Waals surface area contributed by atoms with Crippen molar-refractivity contribution in [2.24, 2.45) is 5.92 Å². The van der Waals surface area contributed by atoms with E-state index in [1.807, 2.05) is 12.1 Å². The van der Waals surface area contributed by atoms with E-state index < -0.39 is 0 Å². The van der Waals surface area contributed by atoms with Gasteiger partial charge >= 0.3 is 0 Å². The third-order valence-electron chi connectivity index (χ3n) is 3.58. The summed E-state index contributed by atoms with van der Waals surface area (Å²) >= 11 is 6.35. The van der Waals surface area contributed by atoms with E-state index in [0.29, 0.717) is 11.8 Å². The van der Waals surface area contributed by atoms with Crippen molar-refractivity contribution >= 4 is 11.6 Å². The molecule has 19 heavy (non-hydrogen) atoms. The maximum atomic E-state index is 6.35. The summed E-state index contributed by atoms with van der Waals surface area (Å²) in [5.41, 5.74) is 1.26. The van der Waals surface area contributed by atoms with Crippen LogP contribution in [0.25, 0.3) is 0 Å². The highest BCUT2D eigenvalue weighted by Gasteiger charge is 2.20. The van der Waals surface area contributed by atoms with Crippen molar-refractivity contribution in [3.8, 4) is 0 Å². The summed E-state index contributed by atoms with van der Waals surface area (Å²) in [4.78, 5) is 0. The summed E-state index contributed by atoms with van der Waals surface area (Å²) in [6.45, 7) is 7.13. The Morgan fingerprint density at radius 2 is 2.05 bits per heavy atom. The zero-order chi connectivity index (χ0) is 14.1. The molecule has 1 aromatic carbocycles. The fourth-order valence-corrected chi connectivity index (χ4v) is 2.76. The lowest BCUT2D eigenvalue weighted by atomic mass is 9.84. The molecular weight excluding hydrogens is 258 g/mol. The van der Waals surface area contributed by atoms with Gasteiger partial charge in [0.2, 0.25) is 0 Å². The maximum absolute atomic E-state index is 6.35. The van der Waals surface area contributed by atoms with Crippen LogP contribution in [0.1, 0.15) is 38.2 Å². The van der Waals surface area contributed by atoms with Gasteiger partial charge in [-0.2, -0.15) is 0 Å². The van der Waals surface area contributed by atoms with Crippen LogP contribution in [0.2, 0.25) is 5.02 Å². The zero-order valence-corrected chi connectivity index (χ0v) is 13.0. The third kappa shape index (κ3) is 5.52. The first-order valence-corrected chi connectivity index (χ1v) is 7.52. The molecule has 0 spiro atoms. The van der Waals surface area contributed by atoms with Crippen LogP contribution in [0.4, 0.5) is 0 Å². The standard InChI is InChI=1S/C16H26ClNO/c1-4-7-13(2)15(12-18-10-11-19-3)14-8-5-6-9-16(14)17/h5-6,8-9,13,15,18H,4,7,10-12H2,1-3H3. The lowest BCUT2D eigenvalue weighted by Gasteiger charge is -2.25. The Hall–Kier alpha value is -0.570. The lowest BCUT2D eigenvalue weighted by Crippen LogP contribution is -2.28. The van der Waals surface area contributed by atoms with E-state index in [1.54, 1.807) is 7.11 Å². The van der Waals surface area contributed by atoms with E-state index in [4.69, 9.17) is 16.3 Å². The molecule has 108 valence electrons. The minimum Gasteiger partial charge on any atom is -0.383 e. The van der Waals surface area contributed by atoms with E-state index in [-0.39, 0.29) is 0 Å². The molecule has 0 heterocycles. The topological polar surface area (TPSA) is 21.3 Å². The summed E-state index contributed by atoms with van der Waals surface area (Å²) in [6, 6.07) is 8.20. The van der Waals surface area contributed by atoms with E-state index in [0.717, 1.165) is 24.7 Å². The van der Waals surface area contributed by atoms with Crippen molar-refractivity contribution in [3.05, 3.63) is 34.9 Å². The number of ether oxygens (including phenoxy) is 1. The van der Waals surface area contributed by atoms with Gasteiger partial charge in [0.1, 0.15) is 0 Å². The molecule has 0 aliphatic rings. The van der Waals surface area contributed by atoms with E-state index >= 15 is 0 Å². The summed E-state index contributed by atoms with van der Waals surface area (Å²) in [6.07, 6.45) is 2.43. The normalized spacial score (nSPS) is 14.3. The fraction of sp³-hybridized carbons (Fsp3) is 0.625. The fourth-order valence-electron chi connectivity index (χ4n) is 2.48. The molecule has 0 saturated heterocycles. The number of hydrogen-bond donors (Lipinski definition) is 1. The van der Waals surface area contributed by atoms with Gasteiger partial charge in [-0.15, -0.1) is 0 Å². The molecule has 0 saturated carbocycles. The predicted octanol–water partition coefficient (Wildman–Crippen LogP) is 4.10. The second kappa shape index (κ2) is 9.35. The number of benzene rings is 1. The Labute approximate surface area is 122 Å². The van der Waals surface area contributed by atoms with Crippen molar-refractivity contribution in [1.82, 2.24) is 5.32 Å². The molecule has 0 bridgehead atoms. The number of nitrogens with one attached hydrogen (secondary N) is 1. The van der Waals surface area contributed by atoms with Crippen molar-refractivity contribution in [1.29, 1.82) is 0 Å². The smallest absolute Gasteiger partial charge is 0.0587 e. The molecule has 0 aliphatic heterocycles. The molecular formula is C16H26ClNO. The van der Waals surface area contributed by atoms with Crippen LogP contribution < -0.4 is 5.32 Å². The highest BCUT2D eigenvalue weighted by Crippen LogP contribution is 2.32. The maximum Gasteiger partial charge on any atom is 0.0587 e. The highest BCUT2D eigenvalue weighted by molar-refractivity contribution is 6.31. The van der Waals surface area contributed by atoms with Crippen LogP contribution >= 0.6 is 11.6 Å². The van der Waals surface area contributed by atoms with Crippen LogP contribution in [0.3, 0.4) is 0 Å². The first-order chi connectivity index (χ1) is 9.20. The molecule has 0 radical (unpaired) electrons. The Kier molecular flexibility index (Phi) is 8.11. The highest BCUT2D eigenvalue weighted by atomic mass is 35.5. The molecule has 0 fully saturated rings. The first kappa shape index (κ1) is 16.5.